The number of hydrogen-bond donors (Lipinski definition) is 0. The molecule has 0 atom stereocenters. The molecule has 0 amide bonds. The van der Waals surface area contributed by atoms with Gasteiger partial charge in [-0.1, -0.05) is 0 Å². The summed E-state index contributed by atoms with van der Waals surface area (Å²) < 4.78 is 0. The molecule has 0 bridgehead atoms. The molecule has 2 aromatic rings. The molecule has 2 heterocycles. The zero-order valence-electron chi connectivity index (χ0n) is 9.49. The highest BCUT2D eigenvalue weighted by Crippen LogP contribution is 2.35. The minimum atomic E-state index is 0.920. The van der Waals surface area contributed by atoms with Gasteiger partial charge >= 0.3 is 0 Å². The van der Waals surface area contributed by atoms with Crippen molar-refractivity contribution in [3.8, 4) is 10.6 Å². The zero-order chi connectivity index (χ0) is 11.1. The number of aromatic nitrogens is 2. The van der Waals surface area contributed by atoms with E-state index >= 15 is 0 Å². The number of rotatable bonds is 3. The number of thiazole rings is 2. The van der Waals surface area contributed by atoms with Crippen LogP contribution in [-0.2, 0) is 6.42 Å². The Labute approximate surface area is 103 Å². The highest BCUT2D eigenvalue weighted by Gasteiger charge is 2.23. The number of nitrogens with zero attached hydrogens (tertiary/aromatic N) is 2. The molecule has 2 aromatic heterocycles. The Morgan fingerprint density at radius 2 is 2.12 bits per heavy atom. The Kier molecular flexibility index (Phi) is 2.56. The van der Waals surface area contributed by atoms with Gasteiger partial charge < -0.3 is 0 Å². The summed E-state index contributed by atoms with van der Waals surface area (Å²) in [5, 5.41) is 4.60. The van der Waals surface area contributed by atoms with E-state index in [9.17, 15) is 0 Å². The lowest BCUT2D eigenvalue weighted by molar-refractivity contribution is 0.825. The molecule has 0 N–H and O–H groups in total. The molecule has 3 rings (SSSR count). The molecule has 16 heavy (non-hydrogen) atoms. The van der Waals surface area contributed by atoms with E-state index in [4.69, 9.17) is 4.98 Å². The van der Waals surface area contributed by atoms with E-state index in [1.54, 1.807) is 22.7 Å². The van der Waals surface area contributed by atoms with Gasteiger partial charge in [-0.25, -0.2) is 9.97 Å². The van der Waals surface area contributed by atoms with Crippen molar-refractivity contribution in [2.75, 3.05) is 0 Å². The van der Waals surface area contributed by atoms with E-state index in [0.29, 0.717) is 0 Å². The molecule has 1 aliphatic rings. The maximum atomic E-state index is 4.72. The summed E-state index contributed by atoms with van der Waals surface area (Å²) in [5.41, 5.74) is 2.24. The Bertz CT molecular complexity index is 509. The molecule has 1 aliphatic carbocycles. The number of hydrogen-bond acceptors (Lipinski definition) is 4. The third-order valence-corrected chi connectivity index (χ3v) is 4.81. The first-order chi connectivity index (χ1) is 7.72. The van der Waals surface area contributed by atoms with Crippen molar-refractivity contribution in [1.82, 2.24) is 9.97 Å². The molecular formula is C12H14N2S2. The lowest BCUT2D eigenvalue weighted by atomic mass is 10.3. The molecule has 0 radical (unpaired) electrons. The summed E-state index contributed by atoms with van der Waals surface area (Å²) in [7, 11) is 0. The molecule has 4 heteroatoms. The molecule has 1 fully saturated rings. The first kappa shape index (κ1) is 10.4. The van der Waals surface area contributed by atoms with Crippen LogP contribution in [0, 0.1) is 19.8 Å². The van der Waals surface area contributed by atoms with Crippen LogP contribution in [0.3, 0.4) is 0 Å². The normalized spacial score (nSPS) is 15.6. The minimum Gasteiger partial charge on any atom is -0.246 e. The molecule has 0 aliphatic heterocycles. The minimum absolute atomic E-state index is 0.920. The van der Waals surface area contributed by atoms with Gasteiger partial charge in [0, 0.05) is 11.8 Å². The highest BCUT2D eigenvalue weighted by atomic mass is 32.1. The smallest absolute Gasteiger partial charge is 0.0935 e. The molecule has 84 valence electrons. The maximum Gasteiger partial charge on any atom is 0.0935 e. The van der Waals surface area contributed by atoms with Gasteiger partial charge in [-0.3, -0.25) is 0 Å². The van der Waals surface area contributed by atoms with Crippen LogP contribution in [0.25, 0.3) is 10.6 Å². The van der Waals surface area contributed by atoms with Crippen molar-refractivity contribution in [3.63, 3.8) is 0 Å². The van der Waals surface area contributed by atoms with Crippen LogP contribution in [0.1, 0.15) is 28.6 Å². The standard InChI is InChI=1S/C12H14N2S2/c1-7-12(16-8(2)13-7)10-6-15-11(14-10)5-9-3-4-9/h6,9H,3-5H2,1-2H3. The van der Waals surface area contributed by atoms with Crippen LogP contribution in [0.15, 0.2) is 5.38 Å². The summed E-state index contributed by atoms with van der Waals surface area (Å²) in [5.74, 6) is 0.920. The predicted molar refractivity (Wildman–Crippen MR) is 69.1 cm³/mol. The largest absolute Gasteiger partial charge is 0.246 e. The van der Waals surface area contributed by atoms with Gasteiger partial charge in [0.15, 0.2) is 0 Å². The Morgan fingerprint density at radius 1 is 1.31 bits per heavy atom. The SMILES string of the molecule is Cc1nc(C)c(-c2csc(CC3CC3)n2)s1. The van der Waals surface area contributed by atoms with E-state index in [-0.39, 0.29) is 0 Å². The van der Waals surface area contributed by atoms with Crippen LogP contribution < -0.4 is 0 Å². The van der Waals surface area contributed by atoms with Crippen LogP contribution in [-0.4, -0.2) is 9.97 Å². The Morgan fingerprint density at radius 3 is 2.75 bits per heavy atom. The first-order valence-electron chi connectivity index (χ1n) is 5.61. The summed E-state index contributed by atoms with van der Waals surface area (Å²) in [6.45, 7) is 4.12. The average Bonchev–Trinajstić information content (AvgIpc) is 2.80. The monoisotopic (exact) mass is 250 g/mol. The fourth-order valence-corrected chi connectivity index (χ4v) is 3.70. The van der Waals surface area contributed by atoms with Gasteiger partial charge in [0.1, 0.15) is 0 Å². The van der Waals surface area contributed by atoms with Crippen LogP contribution in [0.2, 0.25) is 0 Å². The summed E-state index contributed by atoms with van der Waals surface area (Å²) in [6.07, 6.45) is 3.97. The molecule has 2 nitrogen and oxygen atoms in total. The van der Waals surface area contributed by atoms with Gasteiger partial charge in [0.2, 0.25) is 0 Å². The molecule has 0 unspecified atom stereocenters. The maximum absolute atomic E-state index is 4.72. The predicted octanol–water partition coefficient (Wildman–Crippen LogP) is 3.84. The quantitative estimate of drug-likeness (QED) is 0.827. The van der Waals surface area contributed by atoms with E-state index in [0.717, 1.165) is 22.3 Å². The van der Waals surface area contributed by atoms with Crippen LogP contribution in [0.5, 0.6) is 0 Å². The molecule has 0 aromatic carbocycles. The van der Waals surface area contributed by atoms with Crippen molar-refractivity contribution in [3.05, 3.63) is 21.1 Å². The summed E-state index contributed by atoms with van der Waals surface area (Å²) >= 11 is 3.55. The van der Waals surface area contributed by atoms with Gasteiger partial charge in [0.25, 0.3) is 0 Å². The third-order valence-electron chi connectivity index (χ3n) is 2.85. The first-order valence-corrected chi connectivity index (χ1v) is 7.31. The topological polar surface area (TPSA) is 25.8 Å². The molecule has 1 saturated carbocycles. The zero-order valence-corrected chi connectivity index (χ0v) is 11.1. The fourth-order valence-electron chi connectivity index (χ4n) is 1.85. The van der Waals surface area contributed by atoms with Gasteiger partial charge in [-0.05, 0) is 32.6 Å². The Hall–Kier alpha value is -0.740. The second kappa shape index (κ2) is 3.93. The second-order valence-electron chi connectivity index (χ2n) is 4.42. The lowest BCUT2D eigenvalue weighted by Gasteiger charge is -1.92. The highest BCUT2D eigenvalue weighted by molar-refractivity contribution is 7.15. The van der Waals surface area contributed by atoms with E-state index in [1.807, 2.05) is 0 Å². The summed E-state index contributed by atoms with van der Waals surface area (Å²) in [6, 6.07) is 0. The lowest BCUT2D eigenvalue weighted by Crippen LogP contribution is -1.85. The van der Waals surface area contributed by atoms with E-state index in [2.05, 4.69) is 24.2 Å². The van der Waals surface area contributed by atoms with Crippen molar-refractivity contribution in [1.29, 1.82) is 0 Å². The van der Waals surface area contributed by atoms with Crippen molar-refractivity contribution in [2.24, 2.45) is 5.92 Å². The molecule has 0 saturated heterocycles. The molecular weight excluding hydrogens is 236 g/mol. The van der Waals surface area contributed by atoms with Gasteiger partial charge in [0.05, 0.1) is 26.3 Å². The average molecular weight is 250 g/mol. The van der Waals surface area contributed by atoms with Crippen molar-refractivity contribution < 1.29 is 0 Å². The number of aryl methyl sites for hydroxylation is 2. The van der Waals surface area contributed by atoms with Crippen molar-refractivity contribution >= 4 is 22.7 Å². The summed E-state index contributed by atoms with van der Waals surface area (Å²) in [4.78, 5) is 10.4. The van der Waals surface area contributed by atoms with Crippen LogP contribution >= 0.6 is 22.7 Å². The Balaban J connectivity index is 1.87. The van der Waals surface area contributed by atoms with Gasteiger partial charge in [-0.15, -0.1) is 22.7 Å². The second-order valence-corrected chi connectivity index (χ2v) is 6.57. The fraction of sp³-hybridized carbons (Fsp3) is 0.500. The van der Waals surface area contributed by atoms with E-state index in [1.165, 1.54) is 29.1 Å². The van der Waals surface area contributed by atoms with Gasteiger partial charge in [-0.2, -0.15) is 0 Å². The van der Waals surface area contributed by atoms with Crippen LogP contribution in [0.4, 0.5) is 0 Å². The van der Waals surface area contributed by atoms with Crippen molar-refractivity contribution in [2.45, 2.75) is 33.1 Å². The molecule has 0 spiro atoms. The van der Waals surface area contributed by atoms with E-state index < -0.39 is 0 Å². The third kappa shape index (κ3) is 2.04.